The summed E-state index contributed by atoms with van der Waals surface area (Å²) >= 11 is 0. The van der Waals surface area contributed by atoms with Gasteiger partial charge in [-0.3, -0.25) is 14.6 Å². The van der Waals surface area contributed by atoms with E-state index in [2.05, 4.69) is 10.3 Å². The molecule has 1 fully saturated rings. The summed E-state index contributed by atoms with van der Waals surface area (Å²) in [7, 11) is 0. The average molecular weight is 425 g/mol. The molecule has 0 aliphatic heterocycles. The highest BCUT2D eigenvalue weighted by molar-refractivity contribution is 5.93. The molecule has 6 nitrogen and oxygen atoms in total. The third-order valence-corrected chi connectivity index (χ3v) is 4.21. The second-order valence-corrected chi connectivity index (χ2v) is 6.25. The number of carbonyl (C=O) groups excluding carboxylic acids is 2. The summed E-state index contributed by atoms with van der Waals surface area (Å²) in [5, 5.41) is 2.75. The summed E-state index contributed by atoms with van der Waals surface area (Å²) in [6, 6.07) is 3.45. The number of amides is 1. The molecular formula is C24H44N2O4. The van der Waals surface area contributed by atoms with Crippen molar-refractivity contribution in [2.24, 2.45) is 5.92 Å². The standard InChI is InChI=1S/C12H18N2O3.C8H14O.2C2H6/c1-2-16-8-9-17-7-6-14-12(15)11-4-3-5-13-10-11;1-7(9)8-5-3-2-4-6-8;2*1-2/h3-5,10H,2,6-9H2,1H3,(H,14,15);8H,2-6H2,1H3;2*1-2H3. The Bertz CT molecular complexity index is 503. The number of rotatable bonds is 9. The topological polar surface area (TPSA) is 77.5 Å². The average Bonchev–Trinajstić information content (AvgIpc) is 2.82. The molecule has 0 atom stereocenters. The van der Waals surface area contributed by atoms with Crippen molar-refractivity contribution >= 4 is 11.7 Å². The Balaban J connectivity index is 0. The van der Waals surface area contributed by atoms with E-state index in [1.807, 2.05) is 34.6 Å². The van der Waals surface area contributed by atoms with Crippen LogP contribution in [-0.4, -0.2) is 49.6 Å². The minimum atomic E-state index is -0.133. The molecular weight excluding hydrogens is 380 g/mol. The highest BCUT2D eigenvalue weighted by Gasteiger charge is 2.16. The molecule has 1 amide bonds. The van der Waals surface area contributed by atoms with E-state index in [9.17, 15) is 9.59 Å². The molecule has 6 heteroatoms. The zero-order valence-electron chi connectivity index (χ0n) is 20.0. The molecule has 2 rings (SSSR count). The first-order chi connectivity index (χ1) is 14.6. The Kier molecular flexibility index (Phi) is 23.8. The van der Waals surface area contributed by atoms with Gasteiger partial charge in [-0.15, -0.1) is 0 Å². The number of pyridine rings is 1. The molecule has 30 heavy (non-hydrogen) atoms. The molecule has 1 aliphatic rings. The normalized spacial score (nSPS) is 12.7. The number of hydrogen-bond donors (Lipinski definition) is 1. The fourth-order valence-corrected chi connectivity index (χ4v) is 2.71. The van der Waals surface area contributed by atoms with Crippen molar-refractivity contribution in [1.82, 2.24) is 10.3 Å². The maximum Gasteiger partial charge on any atom is 0.252 e. The van der Waals surface area contributed by atoms with E-state index < -0.39 is 0 Å². The van der Waals surface area contributed by atoms with Crippen LogP contribution < -0.4 is 5.32 Å². The predicted octanol–water partition coefficient (Wildman–Crippen LogP) is 5.07. The molecule has 0 aromatic carbocycles. The number of ether oxygens (including phenoxy) is 2. The van der Waals surface area contributed by atoms with Crippen molar-refractivity contribution in [3.8, 4) is 0 Å². The second-order valence-electron chi connectivity index (χ2n) is 6.25. The first-order valence-electron chi connectivity index (χ1n) is 11.5. The van der Waals surface area contributed by atoms with Gasteiger partial charge in [-0.05, 0) is 38.8 Å². The molecule has 1 heterocycles. The third-order valence-electron chi connectivity index (χ3n) is 4.21. The predicted molar refractivity (Wildman–Crippen MR) is 124 cm³/mol. The SMILES string of the molecule is CC.CC.CC(=O)C1CCCCC1.CCOCCOCCNC(=O)c1cccnc1. The van der Waals surface area contributed by atoms with Crippen molar-refractivity contribution < 1.29 is 19.1 Å². The second kappa shape index (κ2) is 23.5. The minimum absolute atomic E-state index is 0.133. The van der Waals surface area contributed by atoms with Gasteiger partial charge >= 0.3 is 0 Å². The van der Waals surface area contributed by atoms with Crippen LogP contribution in [-0.2, 0) is 14.3 Å². The van der Waals surface area contributed by atoms with Crippen LogP contribution in [0.2, 0.25) is 0 Å². The van der Waals surface area contributed by atoms with E-state index in [-0.39, 0.29) is 5.91 Å². The number of hydrogen-bond acceptors (Lipinski definition) is 5. The largest absolute Gasteiger partial charge is 0.379 e. The molecule has 1 aliphatic carbocycles. The number of carbonyl (C=O) groups is 2. The van der Waals surface area contributed by atoms with Crippen LogP contribution in [0.5, 0.6) is 0 Å². The molecule has 1 saturated carbocycles. The Morgan fingerprint density at radius 3 is 2.17 bits per heavy atom. The summed E-state index contributed by atoms with van der Waals surface area (Å²) in [4.78, 5) is 26.2. The van der Waals surface area contributed by atoms with Crippen LogP contribution in [0.15, 0.2) is 24.5 Å². The van der Waals surface area contributed by atoms with Gasteiger partial charge < -0.3 is 14.8 Å². The van der Waals surface area contributed by atoms with Crippen molar-refractivity contribution in [2.45, 2.75) is 73.6 Å². The lowest BCUT2D eigenvalue weighted by Crippen LogP contribution is -2.27. The van der Waals surface area contributed by atoms with Crippen LogP contribution in [0.1, 0.15) is 84.0 Å². The Morgan fingerprint density at radius 2 is 1.67 bits per heavy atom. The van der Waals surface area contributed by atoms with Gasteiger partial charge in [0.2, 0.25) is 0 Å². The number of Topliss-reactive ketones (excluding diaryl/α,β-unsaturated/α-hetero) is 1. The summed E-state index contributed by atoms with van der Waals surface area (Å²) in [5.41, 5.74) is 0.557. The Morgan fingerprint density at radius 1 is 1.03 bits per heavy atom. The van der Waals surface area contributed by atoms with Gasteiger partial charge in [0.1, 0.15) is 5.78 Å². The molecule has 0 saturated heterocycles. The van der Waals surface area contributed by atoms with Gasteiger partial charge in [-0.1, -0.05) is 47.0 Å². The van der Waals surface area contributed by atoms with Gasteiger partial charge in [-0.2, -0.15) is 0 Å². The lowest BCUT2D eigenvalue weighted by Gasteiger charge is -2.17. The molecule has 1 aromatic heterocycles. The molecule has 0 unspecified atom stereocenters. The lowest BCUT2D eigenvalue weighted by atomic mass is 9.87. The van der Waals surface area contributed by atoms with Gasteiger partial charge in [0, 0.05) is 31.5 Å². The minimum Gasteiger partial charge on any atom is -0.379 e. The zero-order valence-corrected chi connectivity index (χ0v) is 20.0. The first-order valence-corrected chi connectivity index (χ1v) is 11.5. The van der Waals surface area contributed by atoms with E-state index in [0.29, 0.717) is 50.2 Å². The van der Waals surface area contributed by atoms with Crippen molar-refractivity contribution in [2.75, 3.05) is 33.0 Å². The summed E-state index contributed by atoms with van der Waals surface area (Å²) < 4.78 is 10.4. The van der Waals surface area contributed by atoms with Gasteiger partial charge in [0.25, 0.3) is 5.91 Å². The lowest BCUT2D eigenvalue weighted by molar-refractivity contribution is -0.121. The highest BCUT2D eigenvalue weighted by Crippen LogP contribution is 2.23. The van der Waals surface area contributed by atoms with Gasteiger partial charge in [0.15, 0.2) is 0 Å². The quantitative estimate of drug-likeness (QED) is 0.560. The maximum absolute atomic E-state index is 11.5. The van der Waals surface area contributed by atoms with E-state index >= 15 is 0 Å². The summed E-state index contributed by atoms with van der Waals surface area (Å²) in [5.74, 6) is 0.681. The monoisotopic (exact) mass is 424 g/mol. The van der Waals surface area contributed by atoms with Crippen molar-refractivity contribution in [1.29, 1.82) is 0 Å². The third kappa shape index (κ3) is 17.1. The van der Waals surface area contributed by atoms with Crippen molar-refractivity contribution in [3.05, 3.63) is 30.1 Å². The van der Waals surface area contributed by atoms with Crippen LogP contribution >= 0.6 is 0 Å². The Labute approximate surface area is 184 Å². The van der Waals surface area contributed by atoms with Crippen LogP contribution in [0.25, 0.3) is 0 Å². The fraction of sp³-hybridized carbons (Fsp3) is 0.708. The summed E-state index contributed by atoms with van der Waals surface area (Å²) in [6.07, 6.45) is 9.34. The molecule has 1 N–H and O–H groups in total. The van der Waals surface area contributed by atoms with E-state index in [1.54, 1.807) is 25.3 Å². The highest BCUT2D eigenvalue weighted by atomic mass is 16.5. The van der Waals surface area contributed by atoms with Crippen LogP contribution in [0, 0.1) is 5.92 Å². The number of aromatic nitrogens is 1. The molecule has 0 bridgehead atoms. The molecule has 1 aromatic rings. The van der Waals surface area contributed by atoms with Gasteiger partial charge in [-0.25, -0.2) is 0 Å². The number of nitrogens with zero attached hydrogens (tertiary/aromatic N) is 1. The number of ketones is 1. The van der Waals surface area contributed by atoms with Crippen LogP contribution in [0.3, 0.4) is 0 Å². The zero-order chi connectivity index (χ0) is 23.0. The van der Waals surface area contributed by atoms with E-state index in [0.717, 1.165) is 12.8 Å². The van der Waals surface area contributed by atoms with Crippen LogP contribution in [0.4, 0.5) is 0 Å². The molecule has 0 radical (unpaired) electrons. The molecule has 0 spiro atoms. The summed E-state index contributed by atoms with van der Waals surface area (Å²) in [6.45, 7) is 14.5. The van der Waals surface area contributed by atoms with E-state index in [1.165, 1.54) is 25.5 Å². The Hall–Kier alpha value is -1.79. The first kappa shape index (κ1) is 30.4. The molecule has 174 valence electrons. The van der Waals surface area contributed by atoms with Crippen molar-refractivity contribution in [3.63, 3.8) is 0 Å². The smallest absolute Gasteiger partial charge is 0.252 e. The van der Waals surface area contributed by atoms with Gasteiger partial charge in [0.05, 0.1) is 25.4 Å². The maximum atomic E-state index is 11.5. The number of nitrogens with one attached hydrogen (secondary N) is 1. The van der Waals surface area contributed by atoms with E-state index in [4.69, 9.17) is 9.47 Å². The fourth-order valence-electron chi connectivity index (χ4n) is 2.71.